The van der Waals surface area contributed by atoms with Crippen molar-refractivity contribution in [3.05, 3.63) is 0 Å². The number of esters is 3. The molecule has 4 saturated heterocycles. The summed E-state index contributed by atoms with van der Waals surface area (Å²) in [5, 5.41) is 0. The van der Waals surface area contributed by atoms with Crippen LogP contribution >= 0.6 is 0 Å². The first-order valence-electron chi connectivity index (χ1n) is 14.0. The van der Waals surface area contributed by atoms with Gasteiger partial charge in [0.1, 0.15) is 24.0 Å². The Morgan fingerprint density at radius 1 is 0.946 bits per heavy atom. The number of hydrogen-bond donors (Lipinski definition) is 0. The average Bonchev–Trinajstić information content (AvgIpc) is 3.45. The molecule has 37 heavy (non-hydrogen) atoms. The van der Waals surface area contributed by atoms with Crippen LogP contribution in [0, 0.1) is 35.5 Å². The van der Waals surface area contributed by atoms with Gasteiger partial charge in [0.25, 0.3) is 0 Å². The van der Waals surface area contributed by atoms with E-state index in [4.69, 9.17) is 28.4 Å². The van der Waals surface area contributed by atoms with Gasteiger partial charge in [-0.15, -0.1) is 0 Å². The number of ether oxygens (including phenoxy) is 6. The van der Waals surface area contributed by atoms with Crippen LogP contribution in [0.25, 0.3) is 0 Å². The quantitative estimate of drug-likeness (QED) is 0.277. The molecule has 8 rings (SSSR count). The van der Waals surface area contributed by atoms with Gasteiger partial charge < -0.3 is 28.4 Å². The van der Waals surface area contributed by atoms with Crippen LogP contribution in [-0.2, 0) is 42.8 Å². The van der Waals surface area contributed by atoms with Crippen molar-refractivity contribution in [1.82, 2.24) is 4.90 Å². The number of rotatable bonds is 7. The smallest absolute Gasteiger partial charge is 0.320 e. The standard InChI is InChI=1S/C27H37NO9/c1-27(2,36-20-15-8-13-7-14(10-15)11-16(20)9-13)37-26(31)19-18-21-24(35-25(18)30)23(22(19)34-21)33-17(29)12-28-3-5-32-6-4-28/h13-16,18-24H,3-12H2,1-2H3. The van der Waals surface area contributed by atoms with E-state index in [0.29, 0.717) is 38.1 Å². The first-order valence-corrected chi connectivity index (χ1v) is 14.0. The first-order chi connectivity index (χ1) is 17.8. The van der Waals surface area contributed by atoms with Gasteiger partial charge in [0.15, 0.2) is 12.2 Å². The molecule has 4 heterocycles. The molecule has 0 aromatic heterocycles. The maximum Gasteiger partial charge on any atom is 0.320 e. The number of nitrogens with zero attached hydrogens (tertiary/aromatic N) is 1. The van der Waals surface area contributed by atoms with Gasteiger partial charge in [-0.1, -0.05) is 0 Å². The molecule has 4 saturated carbocycles. The van der Waals surface area contributed by atoms with E-state index in [1.807, 2.05) is 4.90 Å². The van der Waals surface area contributed by atoms with Gasteiger partial charge in [-0.25, -0.2) is 0 Å². The van der Waals surface area contributed by atoms with Crippen molar-refractivity contribution in [1.29, 1.82) is 0 Å². The molecule has 8 aliphatic rings. The molecule has 10 heteroatoms. The Morgan fingerprint density at radius 3 is 2.30 bits per heavy atom. The lowest BCUT2D eigenvalue weighted by Crippen LogP contribution is -2.53. The predicted octanol–water partition coefficient (Wildman–Crippen LogP) is 1.29. The molecule has 4 aliphatic carbocycles. The first kappa shape index (κ1) is 24.3. The minimum absolute atomic E-state index is 0.0987. The van der Waals surface area contributed by atoms with Crippen molar-refractivity contribution in [2.24, 2.45) is 35.5 Å². The number of carbonyl (C=O) groups is 3. The van der Waals surface area contributed by atoms with Gasteiger partial charge >= 0.3 is 17.9 Å². The Labute approximate surface area is 216 Å². The zero-order valence-electron chi connectivity index (χ0n) is 21.5. The second-order valence-electron chi connectivity index (χ2n) is 12.7. The van der Waals surface area contributed by atoms with E-state index in [-0.39, 0.29) is 12.6 Å². The summed E-state index contributed by atoms with van der Waals surface area (Å²) in [7, 11) is 0. The lowest BCUT2D eigenvalue weighted by Gasteiger charge is -2.55. The molecule has 0 N–H and O–H groups in total. The van der Waals surface area contributed by atoms with Gasteiger partial charge in [-0.2, -0.15) is 0 Å². The number of hydrogen-bond acceptors (Lipinski definition) is 10. The minimum Gasteiger partial charge on any atom is -0.455 e. The van der Waals surface area contributed by atoms with E-state index >= 15 is 0 Å². The summed E-state index contributed by atoms with van der Waals surface area (Å²) in [6.07, 6.45) is 3.38. The minimum atomic E-state index is -1.14. The van der Waals surface area contributed by atoms with Crippen LogP contribution in [0.2, 0.25) is 0 Å². The monoisotopic (exact) mass is 519 g/mol. The zero-order chi connectivity index (χ0) is 25.5. The summed E-state index contributed by atoms with van der Waals surface area (Å²) in [6, 6.07) is 0. The topological polar surface area (TPSA) is 110 Å². The van der Waals surface area contributed by atoms with Crippen molar-refractivity contribution in [2.45, 2.75) is 82.3 Å². The summed E-state index contributed by atoms with van der Waals surface area (Å²) in [5.41, 5.74) is 0. The summed E-state index contributed by atoms with van der Waals surface area (Å²) in [5.74, 6) is -1.55. The molecule has 0 amide bonds. The van der Waals surface area contributed by atoms with Gasteiger partial charge in [0.2, 0.25) is 5.79 Å². The fourth-order valence-electron chi connectivity index (χ4n) is 8.60. The molecular weight excluding hydrogens is 482 g/mol. The van der Waals surface area contributed by atoms with Crippen LogP contribution in [0.1, 0.15) is 46.0 Å². The molecular formula is C27H37NO9. The van der Waals surface area contributed by atoms with E-state index < -0.39 is 59.9 Å². The molecule has 10 nitrogen and oxygen atoms in total. The Bertz CT molecular complexity index is 934. The Kier molecular flexibility index (Phi) is 5.84. The second-order valence-corrected chi connectivity index (χ2v) is 12.7. The van der Waals surface area contributed by atoms with Gasteiger partial charge in [0, 0.05) is 26.9 Å². The van der Waals surface area contributed by atoms with Crippen LogP contribution in [0.15, 0.2) is 0 Å². The molecule has 0 aromatic rings. The zero-order valence-corrected chi connectivity index (χ0v) is 21.5. The summed E-state index contributed by atoms with van der Waals surface area (Å²) >= 11 is 0. The largest absolute Gasteiger partial charge is 0.455 e. The van der Waals surface area contributed by atoms with E-state index in [2.05, 4.69) is 0 Å². The summed E-state index contributed by atoms with van der Waals surface area (Å²) in [6.45, 7) is 6.11. The van der Waals surface area contributed by atoms with Crippen LogP contribution in [0.5, 0.6) is 0 Å². The third-order valence-electron chi connectivity index (χ3n) is 9.81. The molecule has 8 fully saturated rings. The highest BCUT2D eigenvalue weighted by molar-refractivity contribution is 5.87. The lowest BCUT2D eigenvalue weighted by atomic mass is 9.55. The van der Waals surface area contributed by atoms with Crippen LogP contribution < -0.4 is 0 Å². The average molecular weight is 520 g/mol. The van der Waals surface area contributed by atoms with E-state index in [1.165, 1.54) is 32.1 Å². The third kappa shape index (κ3) is 4.19. The van der Waals surface area contributed by atoms with Crippen LogP contribution in [-0.4, -0.2) is 92.0 Å². The number of fused-ring (bicyclic) bond motifs is 1. The van der Waals surface area contributed by atoms with Crippen LogP contribution in [0.4, 0.5) is 0 Å². The highest BCUT2D eigenvalue weighted by atomic mass is 16.7. The highest BCUT2D eigenvalue weighted by Gasteiger charge is 2.72. The molecule has 4 aliphatic heterocycles. The van der Waals surface area contributed by atoms with Crippen molar-refractivity contribution < 1.29 is 42.8 Å². The molecule has 0 aromatic carbocycles. The fourth-order valence-corrected chi connectivity index (χ4v) is 8.60. The van der Waals surface area contributed by atoms with E-state index in [0.717, 1.165) is 11.8 Å². The SMILES string of the molecule is CC(C)(OC(=O)C1C2OC3C(OC(=O)C31)C2OC(=O)CN1CCOCC1)OC1C2CC3CC(C2)CC1C3. The van der Waals surface area contributed by atoms with E-state index in [1.54, 1.807) is 13.8 Å². The maximum absolute atomic E-state index is 13.5. The molecule has 204 valence electrons. The van der Waals surface area contributed by atoms with Gasteiger partial charge in [0.05, 0.1) is 25.9 Å². The highest BCUT2D eigenvalue weighted by Crippen LogP contribution is 2.56. The molecule has 6 atom stereocenters. The van der Waals surface area contributed by atoms with Crippen molar-refractivity contribution >= 4 is 17.9 Å². The molecule has 0 radical (unpaired) electrons. The predicted molar refractivity (Wildman–Crippen MR) is 125 cm³/mol. The molecule has 0 spiro atoms. The van der Waals surface area contributed by atoms with Crippen molar-refractivity contribution in [3.8, 4) is 0 Å². The van der Waals surface area contributed by atoms with Crippen LogP contribution in [0.3, 0.4) is 0 Å². The lowest BCUT2D eigenvalue weighted by molar-refractivity contribution is -0.270. The van der Waals surface area contributed by atoms with Crippen molar-refractivity contribution in [2.75, 3.05) is 32.8 Å². The van der Waals surface area contributed by atoms with Gasteiger partial charge in [-0.3, -0.25) is 19.3 Å². The Hall–Kier alpha value is -1.75. The number of morpholine rings is 1. The fraction of sp³-hybridized carbons (Fsp3) is 0.889. The normalized spacial score (nSPS) is 45.8. The Morgan fingerprint density at radius 2 is 1.62 bits per heavy atom. The summed E-state index contributed by atoms with van der Waals surface area (Å²) < 4.78 is 35.1. The second kappa shape index (κ2) is 8.89. The van der Waals surface area contributed by atoms with Crippen molar-refractivity contribution in [3.63, 3.8) is 0 Å². The third-order valence-corrected chi connectivity index (χ3v) is 9.81. The maximum atomic E-state index is 13.5. The van der Waals surface area contributed by atoms with Gasteiger partial charge in [-0.05, 0) is 55.8 Å². The molecule has 6 bridgehead atoms. The molecule has 6 unspecified atom stereocenters. The number of carbonyl (C=O) groups excluding carboxylic acids is 3. The summed E-state index contributed by atoms with van der Waals surface area (Å²) in [4.78, 5) is 40.9. The van der Waals surface area contributed by atoms with E-state index in [9.17, 15) is 14.4 Å². The Balaban J connectivity index is 1.02.